The number of hydrogen-bond acceptors (Lipinski definition) is 3. The SMILES string of the molecule is CCCCCc1c(CCC(N)=O)c2cc(C)c(C(=O)[O-])cc2n1CC.[Na+]. The maximum Gasteiger partial charge on any atom is 1.00 e. The summed E-state index contributed by atoms with van der Waals surface area (Å²) in [6.07, 6.45) is 5.16. The number of aromatic carboxylic acids is 1. The van der Waals surface area contributed by atoms with Gasteiger partial charge in [0.25, 0.3) is 0 Å². The maximum atomic E-state index is 11.4. The molecule has 1 aromatic carbocycles. The summed E-state index contributed by atoms with van der Waals surface area (Å²) in [4.78, 5) is 22.7. The Kier molecular flexibility index (Phi) is 8.87. The summed E-state index contributed by atoms with van der Waals surface area (Å²) in [5, 5.41) is 12.4. The average molecular weight is 366 g/mol. The van der Waals surface area contributed by atoms with Gasteiger partial charge in [-0.3, -0.25) is 4.79 Å². The van der Waals surface area contributed by atoms with Gasteiger partial charge in [0.2, 0.25) is 5.91 Å². The molecule has 2 rings (SSSR count). The van der Waals surface area contributed by atoms with Gasteiger partial charge in [-0.15, -0.1) is 0 Å². The number of carboxylic acid groups (broad SMARTS) is 1. The monoisotopic (exact) mass is 366 g/mol. The molecule has 26 heavy (non-hydrogen) atoms. The van der Waals surface area contributed by atoms with Crippen molar-refractivity contribution in [3.05, 3.63) is 34.5 Å². The number of nitrogens with zero attached hydrogens (tertiary/aromatic N) is 1. The molecule has 0 fully saturated rings. The van der Waals surface area contributed by atoms with Crippen molar-refractivity contribution in [3.8, 4) is 0 Å². The molecule has 5 nitrogen and oxygen atoms in total. The summed E-state index contributed by atoms with van der Waals surface area (Å²) in [5.74, 6) is -1.48. The topological polar surface area (TPSA) is 88.2 Å². The van der Waals surface area contributed by atoms with E-state index in [1.165, 1.54) is 5.69 Å². The van der Waals surface area contributed by atoms with E-state index in [0.717, 1.165) is 48.7 Å². The second-order valence-corrected chi connectivity index (χ2v) is 6.56. The van der Waals surface area contributed by atoms with Crippen molar-refractivity contribution >= 4 is 22.8 Å². The number of aryl methyl sites for hydroxylation is 3. The van der Waals surface area contributed by atoms with Gasteiger partial charge in [-0.05, 0) is 56.4 Å². The summed E-state index contributed by atoms with van der Waals surface area (Å²) in [7, 11) is 0. The van der Waals surface area contributed by atoms with Crippen molar-refractivity contribution < 1.29 is 44.3 Å². The molecule has 0 saturated carbocycles. The van der Waals surface area contributed by atoms with Crippen LogP contribution in [0.25, 0.3) is 10.9 Å². The van der Waals surface area contributed by atoms with E-state index in [4.69, 9.17) is 5.73 Å². The predicted molar refractivity (Wildman–Crippen MR) is 97.4 cm³/mol. The Hall–Kier alpha value is -1.30. The number of carboxylic acids is 1. The second-order valence-electron chi connectivity index (χ2n) is 6.56. The molecule has 1 amide bonds. The number of hydrogen-bond donors (Lipinski definition) is 1. The normalized spacial score (nSPS) is 10.7. The predicted octanol–water partition coefficient (Wildman–Crippen LogP) is -0.512. The third-order valence-corrected chi connectivity index (χ3v) is 4.81. The molecule has 0 saturated heterocycles. The van der Waals surface area contributed by atoms with Crippen LogP contribution in [0, 0.1) is 6.92 Å². The van der Waals surface area contributed by atoms with Crippen LogP contribution in [-0.4, -0.2) is 16.4 Å². The smallest absolute Gasteiger partial charge is 0.545 e. The van der Waals surface area contributed by atoms with Gasteiger partial charge in [-0.2, -0.15) is 0 Å². The number of amides is 1. The van der Waals surface area contributed by atoms with E-state index in [1.807, 2.05) is 6.07 Å². The van der Waals surface area contributed by atoms with Crippen LogP contribution in [0.15, 0.2) is 12.1 Å². The van der Waals surface area contributed by atoms with Crippen LogP contribution in [0.1, 0.15) is 66.7 Å². The van der Waals surface area contributed by atoms with Crippen molar-refractivity contribution in [2.24, 2.45) is 5.73 Å². The second kappa shape index (κ2) is 10.1. The molecule has 136 valence electrons. The molecule has 1 aromatic heterocycles. The standard InChI is InChI=1S/C20H28N2O3.Na/c1-4-6-7-8-17-14(9-10-19(21)23)16-11-13(3)15(20(24)25)12-18(16)22(17)5-2;/h11-12H,4-10H2,1-3H3,(H2,21,23)(H,24,25);/q;+1/p-1. The Morgan fingerprint density at radius 1 is 1.15 bits per heavy atom. The molecule has 6 heteroatoms. The number of unbranched alkanes of at least 4 members (excludes halogenated alkanes) is 2. The van der Waals surface area contributed by atoms with Crippen LogP contribution in [0.4, 0.5) is 0 Å². The fourth-order valence-corrected chi connectivity index (χ4v) is 3.56. The zero-order valence-electron chi connectivity index (χ0n) is 16.4. The Morgan fingerprint density at radius 2 is 1.85 bits per heavy atom. The van der Waals surface area contributed by atoms with Crippen LogP contribution in [0.5, 0.6) is 0 Å². The number of fused-ring (bicyclic) bond motifs is 1. The van der Waals surface area contributed by atoms with Crippen molar-refractivity contribution in [1.82, 2.24) is 4.57 Å². The number of carbonyl (C=O) groups excluding carboxylic acids is 2. The van der Waals surface area contributed by atoms with Gasteiger partial charge in [0, 0.05) is 35.1 Å². The molecule has 2 N–H and O–H groups in total. The minimum Gasteiger partial charge on any atom is -0.545 e. The Morgan fingerprint density at radius 3 is 2.38 bits per heavy atom. The van der Waals surface area contributed by atoms with Crippen molar-refractivity contribution in [1.29, 1.82) is 0 Å². The minimum absolute atomic E-state index is 0. The summed E-state index contributed by atoms with van der Waals surface area (Å²) >= 11 is 0. The molecule has 0 spiro atoms. The Balaban J connectivity index is 0.00000338. The molecule has 0 unspecified atom stereocenters. The van der Waals surface area contributed by atoms with Crippen molar-refractivity contribution in [2.45, 2.75) is 65.8 Å². The third-order valence-electron chi connectivity index (χ3n) is 4.81. The van der Waals surface area contributed by atoms with Crippen LogP contribution in [0.3, 0.4) is 0 Å². The van der Waals surface area contributed by atoms with Crippen LogP contribution in [0.2, 0.25) is 0 Å². The van der Waals surface area contributed by atoms with E-state index in [0.29, 0.717) is 18.4 Å². The molecule has 0 bridgehead atoms. The number of rotatable bonds is 9. The van der Waals surface area contributed by atoms with Gasteiger partial charge in [0.1, 0.15) is 0 Å². The van der Waals surface area contributed by atoms with Gasteiger partial charge < -0.3 is 20.2 Å². The number of nitrogens with two attached hydrogens (primary N) is 1. The molecule has 0 aliphatic carbocycles. The molecular weight excluding hydrogens is 339 g/mol. The van der Waals surface area contributed by atoms with Crippen LogP contribution in [-0.2, 0) is 24.2 Å². The largest absolute Gasteiger partial charge is 1.00 e. The first kappa shape index (κ1) is 22.7. The maximum absolute atomic E-state index is 11.4. The fraction of sp³-hybridized carbons (Fsp3) is 0.500. The third kappa shape index (κ3) is 4.90. The van der Waals surface area contributed by atoms with E-state index in [9.17, 15) is 14.7 Å². The zero-order chi connectivity index (χ0) is 18.6. The molecule has 0 aliphatic rings. The van der Waals surface area contributed by atoms with Gasteiger partial charge in [0.15, 0.2) is 0 Å². The first-order valence-corrected chi connectivity index (χ1v) is 9.04. The molecule has 0 radical (unpaired) electrons. The van der Waals surface area contributed by atoms with E-state index < -0.39 is 5.97 Å². The first-order chi connectivity index (χ1) is 11.9. The number of carbonyl (C=O) groups is 2. The van der Waals surface area contributed by atoms with Crippen LogP contribution < -0.4 is 40.4 Å². The van der Waals surface area contributed by atoms with Gasteiger partial charge >= 0.3 is 29.6 Å². The van der Waals surface area contributed by atoms with E-state index >= 15 is 0 Å². The number of aromatic nitrogens is 1. The minimum atomic E-state index is -1.16. The summed E-state index contributed by atoms with van der Waals surface area (Å²) in [6, 6.07) is 3.62. The van der Waals surface area contributed by atoms with Gasteiger partial charge in [-0.1, -0.05) is 19.8 Å². The first-order valence-electron chi connectivity index (χ1n) is 9.04. The molecule has 0 aliphatic heterocycles. The summed E-state index contributed by atoms with van der Waals surface area (Å²) in [5.41, 5.74) is 9.48. The van der Waals surface area contributed by atoms with Crippen molar-refractivity contribution in [2.75, 3.05) is 0 Å². The number of benzene rings is 1. The average Bonchev–Trinajstić information content (AvgIpc) is 2.84. The summed E-state index contributed by atoms with van der Waals surface area (Å²) < 4.78 is 2.17. The van der Waals surface area contributed by atoms with Crippen molar-refractivity contribution in [3.63, 3.8) is 0 Å². The van der Waals surface area contributed by atoms with Gasteiger partial charge in [-0.25, -0.2) is 0 Å². The quantitative estimate of drug-likeness (QED) is 0.479. The van der Waals surface area contributed by atoms with E-state index in [1.54, 1.807) is 13.0 Å². The zero-order valence-corrected chi connectivity index (χ0v) is 18.4. The molecule has 1 heterocycles. The Labute approximate surface area is 177 Å². The number of primary amides is 1. The van der Waals surface area contributed by atoms with E-state index in [-0.39, 0.29) is 41.0 Å². The molecular formula is C20H27N2NaO3. The van der Waals surface area contributed by atoms with Gasteiger partial charge in [0.05, 0.1) is 5.97 Å². The van der Waals surface area contributed by atoms with Crippen LogP contribution >= 0.6 is 0 Å². The Bertz CT molecular complexity index is 796. The fourth-order valence-electron chi connectivity index (χ4n) is 3.56. The summed E-state index contributed by atoms with van der Waals surface area (Å²) in [6.45, 7) is 6.75. The molecule has 2 aromatic rings. The molecule has 0 atom stereocenters. The van der Waals surface area contributed by atoms with E-state index in [2.05, 4.69) is 18.4 Å².